The zero-order chi connectivity index (χ0) is 10.9. The first-order valence-electron chi connectivity index (χ1n) is 4.34. The molecule has 1 aliphatic rings. The summed E-state index contributed by atoms with van der Waals surface area (Å²) < 4.78 is 22.3. The van der Waals surface area contributed by atoms with Crippen molar-refractivity contribution in [3.8, 4) is 0 Å². The molecule has 15 heavy (non-hydrogen) atoms. The Morgan fingerprint density at radius 1 is 1.53 bits per heavy atom. The molecule has 0 amide bonds. The number of halogens is 1. The molecule has 1 N–H and O–H groups in total. The lowest BCUT2D eigenvalue weighted by Gasteiger charge is -2.10. The first kappa shape index (κ1) is 10.4. The lowest BCUT2D eigenvalue weighted by atomic mass is 10.3. The minimum Gasteiger partial charge on any atom is -0.378 e. The number of hydrogen-bond acceptors (Lipinski definition) is 4. The van der Waals surface area contributed by atoms with E-state index < -0.39 is 9.84 Å². The van der Waals surface area contributed by atoms with Crippen molar-refractivity contribution in [2.75, 3.05) is 11.1 Å². The minimum absolute atomic E-state index is 0.0902. The van der Waals surface area contributed by atoms with Crippen molar-refractivity contribution in [3.63, 3.8) is 0 Å². The summed E-state index contributed by atoms with van der Waals surface area (Å²) in [5.74, 6) is 0.0902. The molecule has 1 atom stereocenters. The van der Waals surface area contributed by atoms with Gasteiger partial charge in [0.1, 0.15) is 5.15 Å². The number of rotatable bonds is 2. The molecule has 0 aliphatic carbocycles. The predicted molar refractivity (Wildman–Crippen MR) is 59.6 cm³/mol. The van der Waals surface area contributed by atoms with Gasteiger partial charge in [-0.3, -0.25) is 0 Å². The van der Waals surface area contributed by atoms with Crippen molar-refractivity contribution in [2.24, 2.45) is 0 Å². The van der Waals surface area contributed by atoms with E-state index in [9.17, 15) is 8.42 Å². The summed E-state index contributed by atoms with van der Waals surface area (Å²) in [5.41, 5.74) is 0.766. The van der Waals surface area contributed by atoms with E-state index in [2.05, 4.69) is 10.3 Å². The van der Waals surface area contributed by atoms with Crippen molar-refractivity contribution < 1.29 is 8.42 Å². The largest absolute Gasteiger partial charge is 0.378 e. The van der Waals surface area contributed by atoms with Gasteiger partial charge in [-0.05, 0) is 12.1 Å². The second kappa shape index (κ2) is 3.83. The van der Waals surface area contributed by atoms with E-state index in [-0.39, 0.29) is 11.8 Å². The van der Waals surface area contributed by atoms with Crippen LogP contribution in [0.25, 0.3) is 0 Å². The summed E-state index contributed by atoms with van der Waals surface area (Å²) in [4.78, 5) is 3.83. The van der Waals surface area contributed by atoms with Crippen molar-refractivity contribution in [1.82, 2.24) is 4.98 Å². The SMILES string of the molecule is O=S1(=O)C=CC(Nc2ccnc(Cl)c2)C1. The maximum atomic E-state index is 11.1. The first-order valence-corrected chi connectivity index (χ1v) is 6.43. The van der Waals surface area contributed by atoms with Crippen LogP contribution in [0, 0.1) is 0 Å². The molecule has 2 rings (SSSR count). The lowest BCUT2D eigenvalue weighted by molar-refractivity contribution is 0.605. The Morgan fingerprint density at radius 3 is 2.93 bits per heavy atom. The molecule has 0 saturated heterocycles. The molecule has 1 aliphatic heterocycles. The van der Waals surface area contributed by atoms with Gasteiger partial charge < -0.3 is 5.32 Å². The van der Waals surface area contributed by atoms with Gasteiger partial charge >= 0.3 is 0 Å². The van der Waals surface area contributed by atoms with E-state index in [1.54, 1.807) is 24.4 Å². The van der Waals surface area contributed by atoms with E-state index in [4.69, 9.17) is 11.6 Å². The van der Waals surface area contributed by atoms with Crippen molar-refractivity contribution in [2.45, 2.75) is 6.04 Å². The van der Waals surface area contributed by atoms with Crippen LogP contribution in [0.3, 0.4) is 0 Å². The molecular weight excluding hydrogens is 236 g/mol. The zero-order valence-electron chi connectivity index (χ0n) is 7.72. The molecule has 4 nitrogen and oxygen atoms in total. The number of hydrogen-bond donors (Lipinski definition) is 1. The second-order valence-corrected chi connectivity index (χ2v) is 5.59. The second-order valence-electron chi connectivity index (χ2n) is 3.28. The zero-order valence-corrected chi connectivity index (χ0v) is 9.29. The van der Waals surface area contributed by atoms with Crippen LogP contribution in [-0.4, -0.2) is 25.2 Å². The summed E-state index contributed by atoms with van der Waals surface area (Å²) >= 11 is 5.70. The van der Waals surface area contributed by atoms with E-state index >= 15 is 0 Å². The van der Waals surface area contributed by atoms with E-state index in [1.807, 2.05) is 0 Å². The molecule has 1 aromatic heterocycles. The number of anilines is 1. The van der Waals surface area contributed by atoms with Gasteiger partial charge in [0.25, 0.3) is 0 Å². The van der Waals surface area contributed by atoms with E-state index in [0.717, 1.165) is 5.69 Å². The Morgan fingerprint density at radius 2 is 2.33 bits per heavy atom. The molecule has 6 heteroatoms. The summed E-state index contributed by atoms with van der Waals surface area (Å²) in [6.07, 6.45) is 3.20. The van der Waals surface area contributed by atoms with Crippen LogP contribution in [0.15, 0.2) is 29.8 Å². The number of aromatic nitrogens is 1. The molecule has 0 aromatic carbocycles. The van der Waals surface area contributed by atoms with Crippen molar-refractivity contribution in [1.29, 1.82) is 0 Å². The summed E-state index contributed by atoms with van der Waals surface area (Å²) in [6, 6.07) is 3.21. The molecule has 0 bridgehead atoms. The highest BCUT2D eigenvalue weighted by Gasteiger charge is 2.21. The molecular formula is C9H9ClN2O2S. The van der Waals surface area contributed by atoms with Crippen molar-refractivity contribution in [3.05, 3.63) is 35.0 Å². The maximum Gasteiger partial charge on any atom is 0.173 e. The Balaban J connectivity index is 2.09. The van der Waals surface area contributed by atoms with Crippen LogP contribution < -0.4 is 5.32 Å². The topological polar surface area (TPSA) is 59.1 Å². The smallest absolute Gasteiger partial charge is 0.173 e. The first-order chi connectivity index (χ1) is 7.05. The molecule has 1 aromatic rings. The van der Waals surface area contributed by atoms with Crippen LogP contribution in [-0.2, 0) is 9.84 Å². The van der Waals surface area contributed by atoms with Gasteiger partial charge in [-0.1, -0.05) is 17.7 Å². The molecule has 0 spiro atoms. The van der Waals surface area contributed by atoms with Gasteiger partial charge in [0, 0.05) is 17.3 Å². The van der Waals surface area contributed by atoms with Gasteiger partial charge in [0.05, 0.1) is 11.8 Å². The predicted octanol–water partition coefficient (Wildman–Crippen LogP) is 1.46. The lowest BCUT2D eigenvalue weighted by Crippen LogP contribution is -2.20. The Bertz CT molecular complexity index is 499. The van der Waals surface area contributed by atoms with Gasteiger partial charge in [0.2, 0.25) is 0 Å². The number of pyridine rings is 1. The highest BCUT2D eigenvalue weighted by Crippen LogP contribution is 2.16. The maximum absolute atomic E-state index is 11.1. The average Bonchev–Trinajstić information content (AvgIpc) is 2.45. The number of sulfone groups is 1. The van der Waals surface area contributed by atoms with Gasteiger partial charge in [-0.25, -0.2) is 13.4 Å². The quantitative estimate of drug-likeness (QED) is 0.801. The molecule has 2 heterocycles. The van der Waals surface area contributed by atoms with Gasteiger partial charge in [-0.2, -0.15) is 0 Å². The monoisotopic (exact) mass is 244 g/mol. The fourth-order valence-corrected chi connectivity index (χ4v) is 2.78. The van der Waals surface area contributed by atoms with E-state index in [1.165, 1.54) is 5.41 Å². The third kappa shape index (κ3) is 2.70. The molecule has 0 saturated carbocycles. The Labute approximate surface area is 92.9 Å². The molecule has 1 unspecified atom stereocenters. The van der Waals surface area contributed by atoms with Gasteiger partial charge in [-0.15, -0.1) is 0 Å². The average molecular weight is 245 g/mol. The fourth-order valence-electron chi connectivity index (χ4n) is 1.37. The van der Waals surface area contributed by atoms with Crippen LogP contribution >= 0.6 is 11.6 Å². The molecule has 0 fully saturated rings. The fraction of sp³-hybridized carbons (Fsp3) is 0.222. The van der Waals surface area contributed by atoms with Gasteiger partial charge in [0.15, 0.2) is 9.84 Å². The van der Waals surface area contributed by atoms with Crippen LogP contribution in [0.1, 0.15) is 0 Å². The van der Waals surface area contributed by atoms with E-state index in [0.29, 0.717) is 5.15 Å². The highest BCUT2D eigenvalue weighted by atomic mass is 35.5. The highest BCUT2D eigenvalue weighted by molar-refractivity contribution is 7.94. The Kier molecular flexibility index (Phi) is 2.67. The Hall–Kier alpha value is -1.07. The summed E-state index contributed by atoms with van der Waals surface area (Å²) in [5, 5.41) is 4.66. The third-order valence-corrected chi connectivity index (χ3v) is 3.61. The van der Waals surface area contributed by atoms with Crippen LogP contribution in [0.5, 0.6) is 0 Å². The third-order valence-electron chi connectivity index (χ3n) is 2.01. The molecule has 0 radical (unpaired) electrons. The summed E-state index contributed by atoms with van der Waals surface area (Å²) in [6.45, 7) is 0. The van der Waals surface area contributed by atoms with Crippen LogP contribution in [0.4, 0.5) is 5.69 Å². The van der Waals surface area contributed by atoms with Crippen molar-refractivity contribution >= 4 is 27.1 Å². The molecule has 80 valence electrons. The minimum atomic E-state index is -3.02. The van der Waals surface area contributed by atoms with Crippen LogP contribution in [0.2, 0.25) is 5.15 Å². The normalized spacial score (nSPS) is 22.9. The number of nitrogens with one attached hydrogen (secondary N) is 1. The summed E-state index contributed by atoms with van der Waals surface area (Å²) in [7, 11) is -3.02. The standard InChI is InChI=1S/C9H9ClN2O2S/c10-9-5-7(1-3-11-9)12-8-2-4-15(13,14)6-8/h1-5,8H,6H2,(H,11,12). The number of nitrogens with zero attached hydrogens (tertiary/aromatic N) is 1.